The molecule has 0 saturated heterocycles. The summed E-state index contributed by atoms with van der Waals surface area (Å²) < 4.78 is 13.2. The van der Waals surface area contributed by atoms with Crippen molar-refractivity contribution in [2.75, 3.05) is 23.3 Å². The van der Waals surface area contributed by atoms with Gasteiger partial charge in [-0.3, -0.25) is 14.4 Å². The number of nitrogens with zero attached hydrogens (tertiary/aromatic N) is 2. The van der Waals surface area contributed by atoms with Gasteiger partial charge in [-0.2, -0.15) is 0 Å². The zero-order chi connectivity index (χ0) is 21.2. The molecule has 2 aromatic rings. The fourth-order valence-corrected chi connectivity index (χ4v) is 3.01. The largest absolute Gasteiger partial charge is 0.355 e. The Hall–Kier alpha value is -2.81. The third-order valence-electron chi connectivity index (χ3n) is 4.03. The Morgan fingerprint density at radius 1 is 1.14 bits per heavy atom. The fraction of sp³-hybridized carbons (Fsp3) is 0.400. The molecule has 0 aliphatic rings. The van der Waals surface area contributed by atoms with Crippen LogP contribution in [0.2, 0.25) is 0 Å². The summed E-state index contributed by atoms with van der Waals surface area (Å²) in [6.45, 7) is 4.42. The average Bonchev–Trinajstić information content (AvgIpc) is 3.17. The molecule has 0 aliphatic carbocycles. The fourth-order valence-electron chi connectivity index (χ4n) is 2.47. The van der Waals surface area contributed by atoms with Crippen LogP contribution in [0, 0.1) is 11.7 Å². The maximum Gasteiger partial charge on any atom is 0.240 e. The summed E-state index contributed by atoms with van der Waals surface area (Å²) in [6, 6.07) is 5.32. The van der Waals surface area contributed by atoms with Crippen LogP contribution in [0.25, 0.3) is 0 Å². The van der Waals surface area contributed by atoms with Gasteiger partial charge in [0.15, 0.2) is 5.13 Å². The molecule has 0 saturated carbocycles. The number of thiazole rings is 1. The van der Waals surface area contributed by atoms with Crippen molar-refractivity contribution in [2.45, 2.75) is 33.1 Å². The van der Waals surface area contributed by atoms with Crippen molar-refractivity contribution < 1.29 is 18.8 Å². The van der Waals surface area contributed by atoms with E-state index in [2.05, 4.69) is 29.5 Å². The van der Waals surface area contributed by atoms with Crippen LogP contribution < -0.4 is 15.5 Å². The highest BCUT2D eigenvalue weighted by atomic mass is 32.1. The monoisotopic (exact) mass is 420 g/mol. The van der Waals surface area contributed by atoms with E-state index in [0.717, 1.165) is 6.42 Å². The number of aromatic nitrogens is 1. The van der Waals surface area contributed by atoms with E-state index >= 15 is 0 Å². The van der Waals surface area contributed by atoms with Crippen molar-refractivity contribution >= 4 is 39.9 Å². The number of hydrogen-bond donors (Lipinski definition) is 2. The van der Waals surface area contributed by atoms with Gasteiger partial charge in [-0.25, -0.2) is 9.37 Å². The molecule has 0 aliphatic heterocycles. The number of anilines is 2. The first-order valence-corrected chi connectivity index (χ1v) is 10.2. The van der Waals surface area contributed by atoms with E-state index in [4.69, 9.17) is 0 Å². The molecule has 0 spiro atoms. The van der Waals surface area contributed by atoms with Crippen molar-refractivity contribution in [2.24, 2.45) is 5.92 Å². The van der Waals surface area contributed by atoms with E-state index in [9.17, 15) is 18.8 Å². The van der Waals surface area contributed by atoms with E-state index in [-0.39, 0.29) is 31.2 Å². The number of rotatable bonds is 10. The number of carbonyl (C=O) groups excluding carboxylic acids is 3. The second kappa shape index (κ2) is 11.3. The van der Waals surface area contributed by atoms with E-state index in [1.165, 1.54) is 40.5 Å². The van der Waals surface area contributed by atoms with Gasteiger partial charge in [-0.1, -0.05) is 13.8 Å². The molecule has 9 heteroatoms. The molecule has 7 nitrogen and oxygen atoms in total. The lowest BCUT2D eigenvalue weighted by Gasteiger charge is -2.22. The topological polar surface area (TPSA) is 91.4 Å². The van der Waals surface area contributed by atoms with Gasteiger partial charge >= 0.3 is 0 Å². The molecule has 0 bridgehead atoms. The van der Waals surface area contributed by atoms with Crippen LogP contribution in [0.4, 0.5) is 15.2 Å². The lowest BCUT2D eigenvalue weighted by molar-refractivity contribution is -0.125. The van der Waals surface area contributed by atoms with Crippen molar-refractivity contribution in [1.82, 2.24) is 10.3 Å². The molecule has 2 N–H and O–H groups in total. The van der Waals surface area contributed by atoms with Gasteiger partial charge in [-0.05, 0) is 36.6 Å². The van der Waals surface area contributed by atoms with Crippen LogP contribution in [0.1, 0.15) is 33.1 Å². The molecule has 3 amide bonds. The first-order chi connectivity index (χ1) is 13.8. The molecule has 29 heavy (non-hydrogen) atoms. The summed E-state index contributed by atoms with van der Waals surface area (Å²) in [5.74, 6) is -1.04. The van der Waals surface area contributed by atoms with E-state index in [1.807, 2.05) is 0 Å². The van der Waals surface area contributed by atoms with Crippen LogP contribution in [-0.2, 0) is 14.4 Å². The molecular formula is C20H25FN4O3S. The minimum atomic E-state index is -0.439. The second-order valence-corrected chi connectivity index (χ2v) is 7.77. The summed E-state index contributed by atoms with van der Waals surface area (Å²) >= 11 is 1.28. The number of nitrogens with one attached hydrogen (secondary N) is 2. The van der Waals surface area contributed by atoms with Crippen LogP contribution in [0.3, 0.4) is 0 Å². The van der Waals surface area contributed by atoms with Gasteiger partial charge < -0.3 is 15.5 Å². The highest BCUT2D eigenvalue weighted by Crippen LogP contribution is 2.17. The summed E-state index contributed by atoms with van der Waals surface area (Å²) in [5.41, 5.74) is 0.399. The summed E-state index contributed by atoms with van der Waals surface area (Å²) in [7, 11) is 0. The predicted molar refractivity (Wildman–Crippen MR) is 111 cm³/mol. The smallest absolute Gasteiger partial charge is 0.240 e. The molecule has 2 rings (SSSR count). The number of amides is 3. The Bertz CT molecular complexity index is 810. The normalized spacial score (nSPS) is 10.6. The molecule has 0 radical (unpaired) electrons. The lowest BCUT2D eigenvalue weighted by atomic mass is 10.1. The maximum atomic E-state index is 13.2. The highest BCUT2D eigenvalue weighted by Gasteiger charge is 2.20. The Morgan fingerprint density at radius 3 is 2.48 bits per heavy atom. The van der Waals surface area contributed by atoms with Crippen molar-refractivity contribution in [1.29, 1.82) is 0 Å². The van der Waals surface area contributed by atoms with Gasteiger partial charge in [0.05, 0.1) is 0 Å². The zero-order valence-electron chi connectivity index (χ0n) is 16.5. The Morgan fingerprint density at radius 2 is 1.86 bits per heavy atom. The van der Waals surface area contributed by atoms with Crippen LogP contribution >= 0.6 is 11.3 Å². The molecular weight excluding hydrogens is 395 g/mol. The third-order valence-corrected chi connectivity index (χ3v) is 4.72. The van der Waals surface area contributed by atoms with E-state index < -0.39 is 11.7 Å². The first kappa shape index (κ1) is 22.5. The average molecular weight is 421 g/mol. The van der Waals surface area contributed by atoms with Gasteiger partial charge in [0.25, 0.3) is 0 Å². The van der Waals surface area contributed by atoms with Crippen LogP contribution in [0.5, 0.6) is 0 Å². The Kier molecular flexibility index (Phi) is 8.72. The minimum Gasteiger partial charge on any atom is -0.355 e. The molecule has 0 unspecified atom stereocenters. The van der Waals surface area contributed by atoms with Gasteiger partial charge in [-0.15, -0.1) is 11.3 Å². The molecule has 1 heterocycles. The minimum absolute atomic E-state index is 0.0505. The standard InChI is InChI=1S/C20H25FN4O3S/c1-14(2)9-10-22-18(27)13-25(16-5-3-15(21)4-6-16)19(28)8-7-17(26)24-20-23-11-12-29-20/h3-6,11-12,14H,7-10,13H2,1-2H3,(H,22,27)(H,23,24,26). The van der Waals surface area contributed by atoms with Crippen LogP contribution in [-0.4, -0.2) is 35.8 Å². The highest BCUT2D eigenvalue weighted by molar-refractivity contribution is 7.13. The third kappa shape index (κ3) is 7.98. The number of hydrogen-bond acceptors (Lipinski definition) is 5. The van der Waals surface area contributed by atoms with Gasteiger partial charge in [0.2, 0.25) is 17.7 Å². The predicted octanol–water partition coefficient (Wildman–Crippen LogP) is 3.20. The summed E-state index contributed by atoms with van der Waals surface area (Å²) in [6.07, 6.45) is 2.26. The van der Waals surface area contributed by atoms with Gasteiger partial charge in [0, 0.05) is 36.7 Å². The first-order valence-electron chi connectivity index (χ1n) is 9.37. The quantitative estimate of drug-likeness (QED) is 0.618. The molecule has 0 fully saturated rings. The zero-order valence-corrected chi connectivity index (χ0v) is 17.3. The lowest BCUT2D eigenvalue weighted by Crippen LogP contribution is -2.41. The number of benzene rings is 1. The molecule has 1 aromatic carbocycles. The van der Waals surface area contributed by atoms with Gasteiger partial charge in [0.1, 0.15) is 12.4 Å². The second-order valence-electron chi connectivity index (χ2n) is 6.87. The molecule has 0 atom stereocenters. The van der Waals surface area contributed by atoms with Crippen molar-refractivity contribution in [3.05, 3.63) is 41.7 Å². The van der Waals surface area contributed by atoms with E-state index in [0.29, 0.717) is 23.3 Å². The van der Waals surface area contributed by atoms with E-state index in [1.54, 1.807) is 11.6 Å². The Labute approximate surface area is 173 Å². The maximum absolute atomic E-state index is 13.2. The summed E-state index contributed by atoms with van der Waals surface area (Å²) in [4.78, 5) is 42.2. The van der Waals surface area contributed by atoms with Crippen molar-refractivity contribution in [3.8, 4) is 0 Å². The van der Waals surface area contributed by atoms with Crippen molar-refractivity contribution in [3.63, 3.8) is 0 Å². The molecule has 156 valence electrons. The SMILES string of the molecule is CC(C)CCNC(=O)CN(C(=O)CCC(=O)Nc1nccs1)c1ccc(F)cc1. The molecule has 1 aromatic heterocycles. The Balaban J connectivity index is 1.97. The number of halogens is 1. The summed E-state index contributed by atoms with van der Waals surface area (Å²) in [5, 5.41) is 7.59. The van der Waals surface area contributed by atoms with Crippen LogP contribution in [0.15, 0.2) is 35.8 Å². The number of carbonyl (C=O) groups is 3.